The topological polar surface area (TPSA) is 55.5 Å². The molecule has 4 rings (SSSR count). The summed E-state index contributed by atoms with van der Waals surface area (Å²) in [6, 6.07) is 17.2. The number of para-hydroxylation sites is 1. The Bertz CT molecular complexity index is 966. The first-order chi connectivity index (χ1) is 13.8. The van der Waals surface area contributed by atoms with Crippen LogP contribution in [-0.2, 0) is 13.0 Å². The zero-order chi connectivity index (χ0) is 19.2. The molecule has 6 heteroatoms. The molecule has 1 aliphatic rings. The number of aliphatic imine (C=N–C) groups is 1. The first kappa shape index (κ1) is 21.2. The van der Waals surface area contributed by atoms with Gasteiger partial charge in [0.2, 0.25) is 0 Å². The van der Waals surface area contributed by atoms with Gasteiger partial charge in [0.05, 0.1) is 0 Å². The lowest BCUT2D eigenvalue weighted by Crippen LogP contribution is -2.37. The zero-order valence-corrected chi connectivity index (χ0v) is 19.0. The van der Waals surface area contributed by atoms with E-state index in [-0.39, 0.29) is 24.0 Å². The van der Waals surface area contributed by atoms with Crippen LogP contribution in [0, 0.1) is 0 Å². The molecule has 0 fully saturated rings. The summed E-state index contributed by atoms with van der Waals surface area (Å²) in [7, 11) is 1.81. The molecule has 0 bridgehead atoms. The minimum Gasteiger partial charge on any atom is -0.364 e. The third kappa shape index (κ3) is 5.32. The molecule has 29 heavy (non-hydrogen) atoms. The molecule has 0 aliphatic carbocycles. The normalized spacial score (nSPS) is 13.6. The van der Waals surface area contributed by atoms with Crippen LogP contribution in [0.25, 0.3) is 10.9 Å². The van der Waals surface area contributed by atoms with Gasteiger partial charge < -0.3 is 20.5 Å². The Labute approximate surface area is 189 Å². The van der Waals surface area contributed by atoms with Gasteiger partial charge in [0, 0.05) is 56.0 Å². The predicted octanol–water partition coefficient (Wildman–Crippen LogP) is 4.07. The van der Waals surface area contributed by atoms with E-state index in [0.29, 0.717) is 0 Å². The van der Waals surface area contributed by atoms with Crippen LogP contribution in [-0.4, -0.2) is 37.6 Å². The number of benzene rings is 2. The van der Waals surface area contributed by atoms with Crippen molar-refractivity contribution < 1.29 is 0 Å². The molecule has 2 aromatic carbocycles. The molecule has 1 aromatic heterocycles. The van der Waals surface area contributed by atoms with Gasteiger partial charge in [-0.05, 0) is 35.7 Å². The van der Waals surface area contributed by atoms with Crippen LogP contribution in [0.15, 0.2) is 71.9 Å². The zero-order valence-electron chi connectivity index (χ0n) is 16.7. The summed E-state index contributed by atoms with van der Waals surface area (Å²) >= 11 is 0. The molecule has 0 atom stereocenters. The Morgan fingerprint density at radius 3 is 2.55 bits per heavy atom. The van der Waals surface area contributed by atoms with Gasteiger partial charge in [0.25, 0.3) is 0 Å². The summed E-state index contributed by atoms with van der Waals surface area (Å²) < 4.78 is 0. The summed E-state index contributed by atoms with van der Waals surface area (Å²) in [5, 5.41) is 8.10. The molecular weight excluding hydrogens is 473 g/mol. The molecule has 0 saturated carbocycles. The lowest BCUT2D eigenvalue weighted by Gasteiger charge is -2.18. The van der Waals surface area contributed by atoms with E-state index in [0.717, 1.165) is 38.6 Å². The molecule has 5 nitrogen and oxygen atoms in total. The number of H-pyrrole nitrogens is 1. The summed E-state index contributed by atoms with van der Waals surface area (Å²) in [5.74, 6) is 0.827. The quantitative estimate of drug-likeness (QED) is 0.207. The number of fused-ring (bicyclic) bond motifs is 1. The molecular formula is C23H28IN5. The SMILES string of the molecule is CN=C(NCCc1c[nH]c2ccccc12)NCc1ccc(N2CC=CC2)cc1.I. The van der Waals surface area contributed by atoms with E-state index in [4.69, 9.17) is 0 Å². The predicted molar refractivity (Wildman–Crippen MR) is 133 cm³/mol. The summed E-state index contributed by atoms with van der Waals surface area (Å²) in [4.78, 5) is 10.0. The smallest absolute Gasteiger partial charge is 0.191 e. The highest BCUT2D eigenvalue weighted by Crippen LogP contribution is 2.18. The minimum absolute atomic E-state index is 0. The number of nitrogens with zero attached hydrogens (tertiary/aromatic N) is 2. The monoisotopic (exact) mass is 501 g/mol. The Morgan fingerprint density at radius 2 is 1.79 bits per heavy atom. The van der Waals surface area contributed by atoms with Crippen molar-refractivity contribution in [1.82, 2.24) is 15.6 Å². The molecule has 0 spiro atoms. The Balaban J connectivity index is 0.00000240. The highest BCUT2D eigenvalue weighted by atomic mass is 127. The number of aromatic nitrogens is 1. The number of nitrogens with one attached hydrogen (secondary N) is 3. The number of guanidine groups is 1. The Hall–Kier alpha value is -2.48. The molecule has 152 valence electrons. The van der Waals surface area contributed by atoms with Crippen LogP contribution in [0.3, 0.4) is 0 Å². The number of hydrogen-bond acceptors (Lipinski definition) is 2. The van der Waals surface area contributed by atoms with E-state index >= 15 is 0 Å². The lowest BCUT2D eigenvalue weighted by molar-refractivity contribution is 0.796. The maximum Gasteiger partial charge on any atom is 0.191 e. The van der Waals surface area contributed by atoms with E-state index in [9.17, 15) is 0 Å². The van der Waals surface area contributed by atoms with Gasteiger partial charge in [-0.15, -0.1) is 24.0 Å². The fourth-order valence-electron chi connectivity index (χ4n) is 3.57. The van der Waals surface area contributed by atoms with Crippen molar-refractivity contribution in [3.8, 4) is 0 Å². The maximum atomic E-state index is 4.33. The van der Waals surface area contributed by atoms with Gasteiger partial charge >= 0.3 is 0 Å². The van der Waals surface area contributed by atoms with Gasteiger partial charge in [-0.2, -0.15) is 0 Å². The first-order valence-electron chi connectivity index (χ1n) is 9.82. The highest BCUT2D eigenvalue weighted by Gasteiger charge is 2.07. The van der Waals surface area contributed by atoms with E-state index in [1.54, 1.807) is 0 Å². The average molecular weight is 501 g/mol. The maximum absolute atomic E-state index is 4.33. The first-order valence-corrected chi connectivity index (χ1v) is 9.82. The standard InChI is InChI=1S/C23H27N5.HI/c1-24-23(25-13-12-19-17-26-22-7-3-2-6-21(19)22)27-16-18-8-10-20(11-9-18)28-14-4-5-15-28;/h2-11,17,26H,12-16H2,1H3,(H2,24,25,27);1H. The van der Waals surface area contributed by atoms with Crippen LogP contribution in [0.4, 0.5) is 5.69 Å². The van der Waals surface area contributed by atoms with Crippen molar-refractivity contribution in [3.05, 3.63) is 78.0 Å². The van der Waals surface area contributed by atoms with Crippen LogP contribution in [0.5, 0.6) is 0 Å². The minimum atomic E-state index is 0. The van der Waals surface area contributed by atoms with Crippen molar-refractivity contribution >= 4 is 46.5 Å². The third-order valence-electron chi connectivity index (χ3n) is 5.17. The molecule has 3 aromatic rings. The average Bonchev–Trinajstić information content (AvgIpc) is 3.41. The van der Waals surface area contributed by atoms with Crippen LogP contribution >= 0.6 is 24.0 Å². The van der Waals surface area contributed by atoms with Crippen LogP contribution in [0.2, 0.25) is 0 Å². The number of aromatic amines is 1. The van der Waals surface area contributed by atoms with E-state index < -0.39 is 0 Å². The molecule has 0 amide bonds. The van der Waals surface area contributed by atoms with Crippen LogP contribution in [0.1, 0.15) is 11.1 Å². The summed E-state index contributed by atoms with van der Waals surface area (Å²) in [6.07, 6.45) is 7.46. The lowest BCUT2D eigenvalue weighted by atomic mass is 10.1. The molecule has 0 saturated heterocycles. The number of halogens is 1. The second kappa shape index (κ2) is 10.3. The molecule has 1 aliphatic heterocycles. The number of hydrogen-bond donors (Lipinski definition) is 3. The molecule has 2 heterocycles. The second-order valence-electron chi connectivity index (χ2n) is 7.00. The number of anilines is 1. The molecule has 3 N–H and O–H groups in total. The third-order valence-corrected chi connectivity index (χ3v) is 5.17. The second-order valence-corrected chi connectivity index (χ2v) is 7.00. The fraction of sp³-hybridized carbons (Fsp3) is 0.261. The van der Waals surface area contributed by atoms with Crippen molar-refractivity contribution in [2.75, 3.05) is 31.6 Å². The van der Waals surface area contributed by atoms with Crippen LogP contribution < -0.4 is 15.5 Å². The van der Waals surface area contributed by atoms with Crippen molar-refractivity contribution in [2.24, 2.45) is 4.99 Å². The largest absolute Gasteiger partial charge is 0.364 e. The van der Waals surface area contributed by atoms with Crippen molar-refractivity contribution in [2.45, 2.75) is 13.0 Å². The Morgan fingerprint density at radius 1 is 1.03 bits per heavy atom. The fourth-order valence-corrected chi connectivity index (χ4v) is 3.57. The van der Waals surface area contributed by atoms with E-state index in [1.165, 1.54) is 27.7 Å². The number of rotatable bonds is 6. The Kier molecular flexibility index (Phi) is 7.57. The molecule has 0 radical (unpaired) electrons. The van der Waals surface area contributed by atoms with Gasteiger partial charge in [-0.3, -0.25) is 4.99 Å². The van der Waals surface area contributed by atoms with Crippen molar-refractivity contribution in [1.29, 1.82) is 0 Å². The van der Waals surface area contributed by atoms with Gasteiger partial charge in [-0.1, -0.05) is 42.5 Å². The van der Waals surface area contributed by atoms with Gasteiger partial charge in [0.15, 0.2) is 5.96 Å². The van der Waals surface area contributed by atoms with E-state index in [2.05, 4.69) is 92.4 Å². The van der Waals surface area contributed by atoms with Gasteiger partial charge in [0.1, 0.15) is 0 Å². The van der Waals surface area contributed by atoms with E-state index in [1.807, 2.05) is 7.05 Å². The van der Waals surface area contributed by atoms with Gasteiger partial charge in [-0.25, -0.2) is 0 Å². The molecule has 0 unspecified atom stereocenters. The van der Waals surface area contributed by atoms with Crippen molar-refractivity contribution in [3.63, 3.8) is 0 Å². The summed E-state index contributed by atoms with van der Waals surface area (Å²) in [5.41, 5.74) is 5.03. The highest BCUT2D eigenvalue weighted by molar-refractivity contribution is 14.0. The summed E-state index contributed by atoms with van der Waals surface area (Å²) in [6.45, 7) is 3.60.